The minimum Gasteiger partial charge on any atom is -0.379 e. The Morgan fingerprint density at radius 3 is 2.42 bits per heavy atom. The average molecular weight is 172 g/mol. The van der Waals surface area contributed by atoms with Crippen molar-refractivity contribution < 1.29 is 14.3 Å². The summed E-state index contributed by atoms with van der Waals surface area (Å²) in [5.74, 6) is -0.346. The Labute approximate surface area is 70.5 Å². The molecule has 1 rings (SSSR count). The van der Waals surface area contributed by atoms with Gasteiger partial charge in [-0.2, -0.15) is 0 Å². The van der Waals surface area contributed by atoms with Crippen LogP contribution in [0, 0.1) is 0 Å². The van der Waals surface area contributed by atoms with Crippen LogP contribution in [0.25, 0.3) is 0 Å². The standard InChI is InChI=1S/C7H12N2O3/c1-4(12-3)7(2)5(10)8-6(11)9-7/h4H,1-3H3,(H2,8,9,10,11)/t4-,7+/m0/s1. The average Bonchev–Trinajstić information content (AvgIpc) is 2.26. The van der Waals surface area contributed by atoms with Crippen molar-refractivity contribution in [2.24, 2.45) is 0 Å². The summed E-state index contributed by atoms with van der Waals surface area (Å²) in [4.78, 5) is 22.0. The van der Waals surface area contributed by atoms with Crippen molar-refractivity contribution in [1.29, 1.82) is 0 Å². The molecule has 0 unspecified atom stereocenters. The highest BCUT2D eigenvalue weighted by Gasteiger charge is 2.46. The fraction of sp³-hybridized carbons (Fsp3) is 0.714. The lowest BCUT2D eigenvalue weighted by atomic mass is 9.96. The fourth-order valence-corrected chi connectivity index (χ4v) is 1.08. The number of methoxy groups -OCH3 is 1. The van der Waals surface area contributed by atoms with E-state index in [-0.39, 0.29) is 12.0 Å². The highest BCUT2D eigenvalue weighted by molar-refractivity contribution is 6.07. The van der Waals surface area contributed by atoms with E-state index in [2.05, 4.69) is 10.6 Å². The molecule has 0 aromatic carbocycles. The number of hydrogen-bond donors (Lipinski definition) is 2. The number of carbonyl (C=O) groups is 2. The molecule has 0 radical (unpaired) electrons. The van der Waals surface area contributed by atoms with Crippen molar-refractivity contribution in [3.05, 3.63) is 0 Å². The van der Waals surface area contributed by atoms with Gasteiger partial charge in [0.2, 0.25) is 0 Å². The van der Waals surface area contributed by atoms with E-state index in [1.165, 1.54) is 7.11 Å². The molecule has 3 amide bonds. The Bertz CT molecular complexity index is 229. The van der Waals surface area contributed by atoms with Gasteiger partial charge in [0.15, 0.2) is 0 Å². The smallest absolute Gasteiger partial charge is 0.322 e. The maximum atomic E-state index is 11.2. The van der Waals surface area contributed by atoms with E-state index in [1.807, 2.05) is 0 Å². The Morgan fingerprint density at radius 2 is 2.08 bits per heavy atom. The summed E-state index contributed by atoms with van der Waals surface area (Å²) in [5, 5.41) is 4.66. The number of amides is 3. The number of hydrogen-bond acceptors (Lipinski definition) is 3. The second kappa shape index (κ2) is 2.75. The zero-order chi connectivity index (χ0) is 9.35. The van der Waals surface area contributed by atoms with Crippen molar-refractivity contribution in [2.75, 3.05) is 7.11 Å². The number of rotatable bonds is 2. The molecule has 68 valence electrons. The number of carbonyl (C=O) groups excluding carboxylic acids is 2. The maximum Gasteiger partial charge on any atom is 0.322 e. The second-order valence-electron chi connectivity index (χ2n) is 2.99. The van der Waals surface area contributed by atoms with Crippen molar-refractivity contribution in [2.45, 2.75) is 25.5 Å². The minimum absolute atomic E-state index is 0.344. The highest BCUT2D eigenvalue weighted by atomic mass is 16.5. The number of ether oxygens (including phenoxy) is 1. The van der Waals surface area contributed by atoms with Crippen molar-refractivity contribution in [3.8, 4) is 0 Å². The number of imide groups is 1. The number of nitrogens with one attached hydrogen (secondary N) is 2. The summed E-state index contributed by atoms with van der Waals surface area (Å²) < 4.78 is 4.98. The van der Waals surface area contributed by atoms with E-state index in [0.717, 1.165) is 0 Å². The summed E-state index contributed by atoms with van der Waals surface area (Å²) in [6.45, 7) is 3.35. The van der Waals surface area contributed by atoms with Crippen LogP contribution < -0.4 is 10.6 Å². The molecule has 0 saturated carbocycles. The normalized spacial score (nSPS) is 31.2. The van der Waals surface area contributed by atoms with E-state index in [0.29, 0.717) is 0 Å². The quantitative estimate of drug-likeness (QED) is 0.558. The van der Waals surface area contributed by atoms with Gasteiger partial charge in [0.05, 0.1) is 6.10 Å². The lowest BCUT2D eigenvalue weighted by Crippen LogP contribution is -2.53. The Balaban J connectivity index is 2.84. The SMILES string of the molecule is CO[C@@H](C)[C@@]1(C)NC(=O)NC1=O. The molecule has 5 heteroatoms. The first-order chi connectivity index (χ1) is 5.50. The maximum absolute atomic E-state index is 11.2. The van der Waals surface area contributed by atoms with Crippen molar-refractivity contribution >= 4 is 11.9 Å². The zero-order valence-corrected chi connectivity index (χ0v) is 7.30. The van der Waals surface area contributed by atoms with Crippen LogP contribution in [0.2, 0.25) is 0 Å². The topological polar surface area (TPSA) is 67.4 Å². The van der Waals surface area contributed by atoms with E-state index in [9.17, 15) is 9.59 Å². The van der Waals surface area contributed by atoms with Crippen molar-refractivity contribution in [1.82, 2.24) is 10.6 Å². The molecule has 1 saturated heterocycles. The van der Waals surface area contributed by atoms with Gasteiger partial charge in [-0.3, -0.25) is 10.1 Å². The Morgan fingerprint density at radius 1 is 1.50 bits per heavy atom. The van der Waals surface area contributed by atoms with E-state index in [4.69, 9.17) is 4.74 Å². The van der Waals surface area contributed by atoms with Gasteiger partial charge >= 0.3 is 6.03 Å². The van der Waals surface area contributed by atoms with Crippen molar-refractivity contribution in [3.63, 3.8) is 0 Å². The Hall–Kier alpha value is -1.10. The lowest BCUT2D eigenvalue weighted by molar-refractivity contribution is -0.127. The first-order valence-electron chi connectivity index (χ1n) is 3.67. The third kappa shape index (κ3) is 1.16. The molecular formula is C7H12N2O3. The van der Waals surface area contributed by atoms with Gasteiger partial charge in [-0.1, -0.05) is 0 Å². The van der Waals surface area contributed by atoms with Gasteiger partial charge in [-0.25, -0.2) is 4.79 Å². The van der Waals surface area contributed by atoms with Gasteiger partial charge in [0.25, 0.3) is 5.91 Å². The van der Waals surface area contributed by atoms with Crippen LogP contribution in [0.4, 0.5) is 4.79 Å². The van der Waals surface area contributed by atoms with E-state index in [1.54, 1.807) is 13.8 Å². The van der Waals surface area contributed by atoms with Crippen LogP contribution in [0.3, 0.4) is 0 Å². The molecule has 5 nitrogen and oxygen atoms in total. The first-order valence-corrected chi connectivity index (χ1v) is 3.67. The molecule has 2 N–H and O–H groups in total. The van der Waals surface area contributed by atoms with E-state index < -0.39 is 11.6 Å². The molecule has 1 aliphatic heterocycles. The second-order valence-corrected chi connectivity index (χ2v) is 2.99. The van der Waals surface area contributed by atoms with E-state index >= 15 is 0 Å². The van der Waals surface area contributed by atoms with Gasteiger partial charge in [0.1, 0.15) is 5.54 Å². The highest BCUT2D eigenvalue weighted by Crippen LogP contribution is 2.16. The summed E-state index contributed by atoms with van der Waals surface area (Å²) in [6, 6.07) is -0.466. The van der Waals surface area contributed by atoms with Crippen LogP contribution in [-0.4, -0.2) is 30.7 Å². The van der Waals surface area contributed by atoms with Crippen LogP contribution in [0.15, 0.2) is 0 Å². The minimum atomic E-state index is -0.939. The zero-order valence-electron chi connectivity index (χ0n) is 7.30. The third-order valence-electron chi connectivity index (χ3n) is 2.24. The summed E-state index contributed by atoms with van der Waals surface area (Å²) >= 11 is 0. The van der Waals surface area contributed by atoms with Crippen LogP contribution in [0.5, 0.6) is 0 Å². The monoisotopic (exact) mass is 172 g/mol. The largest absolute Gasteiger partial charge is 0.379 e. The predicted octanol–water partition coefficient (Wildman–Crippen LogP) is -0.381. The summed E-state index contributed by atoms with van der Waals surface area (Å²) in [5.41, 5.74) is -0.939. The lowest BCUT2D eigenvalue weighted by Gasteiger charge is -2.26. The Kier molecular flexibility index (Phi) is 2.06. The molecule has 1 fully saturated rings. The first kappa shape index (κ1) is 8.99. The van der Waals surface area contributed by atoms with Gasteiger partial charge < -0.3 is 10.1 Å². The molecule has 0 bridgehead atoms. The number of urea groups is 1. The third-order valence-corrected chi connectivity index (χ3v) is 2.24. The molecule has 1 aliphatic rings. The molecule has 0 aliphatic carbocycles. The van der Waals surface area contributed by atoms with Gasteiger partial charge in [-0.15, -0.1) is 0 Å². The molecule has 0 aromatic rings. The fourth-order valence-electron chi connectivity index (χ4n) is 1.08. The van der Waals surface area contributed by atoms with Gasteiger partial charge in [0, 0.05) is 7.11 Å². The van der Waals surface area contributed by atoms with Crippen LogP contribution in [0.1, 0.15) is 13.8 Å². The van der Waals surface area contributed by atoms with Gasteiger partial charge in [-0.05, 0) is 13.8 Å². The van der Waals surface area contributed by atoms with Crippen LogP contribution >= 0.6 is 0 Å². The molecule has 0 aromatic heterocycles. The summed E-state index contributed by atoms with van der Waals surface area (Å²) in [7, 11) is 1.49. The summed E-state index contributed by atoms with van der Waals surface area (Å²) in [6.07, 6.45) is -0.344. The molecule has 1 heterocycles. The molecule has 2 atom stereocenters. The molecular weight excluding hydrogens is 160 g/mol. The predicted molar refractivity (Wildman–Crippen MR) is 41.6 cm³/mol. The molecule has 12 heavy (non-hydrogen) atoms. The molecule has 0 spiro atoms. The van der Waals surface area contributed by atoms with Crippen LogP contribution in [-0.2, 0) is 9.53 Å².